The molecule has 10 nitrogen and oxygen atoms in total. The molecule has 3 aliphatic rings. The zero-order chi connectivity index (χ0) is 27.2. The smallest absolute Gasteiger partial charge is 0.404 e. The van der Waals surface area contributed by atoms with Crippen molar-refractivity contribution in [1.29, 1.82) is 0 Å². The lowest BCUT2D eigenvalue weighted by Gasteiger charge is -2.43. The van der Waals surface area contributed by atoms with Crippen LogP contribution in [0.3, 0.4) is 0 Å². The summed E-state index contributed by atoms with van der Waals surface area (Å²) < 4.78 is 11.4. The monoisotopic (exact) mass is 534 g/mol. The molecule has 4 amide bonds. The summed E-state index contributed by atoms with van der Waals surface area (Å²) in [6.07, 6.45) is 1.13. The number of piperidine rings is 2. The van der Waals surface area contributed by atoms with Crippen molar-refractivity contribution in [2.75, 3.05) is 45.9 Å². The van der Waals surface area contributed by atoms with Gasteiger partial charge >= 0.3 is 12.1 Å². The Morgan fingerprint density at radius 2 is 1.79 bits per heavy atom. The highest BCUT2D eigenvalue weighted by Gasteiger charge is 2.37. The molecular weight excluding hydrogens is 500 g/mol. The van der Waals surface area contributed by atoms with Gasteiger partial charge in [0, 0.05) is 26.2 Å². The molecule has 0 radical (unpaired) electrons. The highest BCUT2D eigenvalue weighted by atomic mass is 16.5. The van der Waals surface area contributed by atoms with E-state index in [1.54, 1.807) is 0 Å². The first-order chi connectivity index (χ1) is 19.0. The van der Waals surface area contributed by atoms with E-state index in [4.69, 9.17) is 14.6 Å². The first kappa shape index (κ1) is 26.6. The number of hydrogen-bond acceptors (Lipinski definition) is 5. The molecule has 10 heteroatoms. The second-order valence-electron chi connectivity index (χ2n) is 9.98. The molecule has 0 bridgehead atoms. The largest absolute Gasteiger partial charge is 0.492 e. The van der Waals surface area contributed by atoms with Crippen molar-refractivity contribution in [3.05, 3.63) is 71.3 Å². The van der Waals surface area contributed by atoms with Crippen molar-refractivity contribution >= 4 is 23.6 Å². The number of fused-ring (bicyclic) bond motifs is 1. The maximum atomic E-state index is 13.4. The summed E-state index contributed by atoms with van der Waals surface area (Å²) in [5.41, 5.74) is 4.54. The van der Waals surface area contributed by atoms with Gasteiger partial charge in [-0.3, -0.25) is 4.79 Å². The first-order valence-electron chi connectivity index (χ1n) is 13.4. The summed E-state index contributed by atoms with van der Waals surface area (Å²) in [6, 6.07) is 17.9. The lowest BCUT2D eigenvalue weighted by Crippen LogP contribution is -2.62. The number of likely N-dealkylation sites (tertiary alicyclic amines) is 2. The molecule has 3 heterocycles. The minimum absolute atomic E-state index is 0.0129. The Morgan fingerprint density at radius 1 is 1.03 bits per heavy atom. The van der Waals surface area contributed by atoms with E-state index in [9.17, 15) is 14.4 Å². The SMILES string of the molecule is O=C(O)NCCOc1cccc(C(=C2CCN(C(=O)N3CC[C@@H]4OCC(=O)N[C@@H]4C3)CC2)c2ccccc2)c1. The van der Waals surface area contributed by atoms with Crippen molar-refractivity contribution in [2.45, 2.75) is 31.4 Å². The Labute approximate surface area is 227 Å². The zero-order valence-electron chi connectivity index (χ0n) is 21.8. The minimum atomic E-state index is -1.08. The average Bonchev–Trinajstić information content (AvgIpc) is 2.96. The van der Waals surface area contributed by atoms with Gasteiger partial charge in [0.15, 0.2) is 0 Å². The molecule has 3 saturated heterocycles. The number of ether oxygens (including phenoxy) is 2. The molecule has 0 spiro atoms. The summed E-state index contributed by atoms with van der Waals surface area (Å²) in [5.74, 6) is 0.543. The maximum Gasteiger partial charge on any atom is 0.404 e. The Balaban J connectivity index is 1.29. The Kier molecular flexibility index (Phi) is 8.31. The zero-order valence-corrected chi connectivity index (χ0v) is 21.8. The topological polar surface area (TPSA) is 120 Å². The van der Waals surface area contributed by atoms with Gasteiger partial charge in [-0.05, 0) is 48.1 Å². The summed E-state index contributed by atoms with van der Waals surface area (Å²) in [5, 5.41) is 14.0. The van der Waals surface area contributed by atoms with Crippen LogP contribution in [0.15, 0.2) is 60.2 Å². The number of carbonyl (C=O) groups is 3. The number of benzene rings is 2. The molecule has 3 aliphatic heterocycles. The van der Waals surface area contributed by atoms with Crippen LogP contribution in [0.2, 0.25) is 0 Å². The van der Waals surface area contributed by atoms with Crippen molar-refractivity contribution in [1.82, 2.24) is 20.4 Å². The molecule has 2 aromatic rings. The fourth-order valence-corrected chi connectivity index (χ4v) is 5.54. The van der Waals surface area contributed by atoms with Gasteiger partial charge in [-0.2, -0.15) is 0 Å². The Hall–Kier alpha value is -4.05. The summed E-state index contributed by atoms with van der Waals surface area (Å²) in [7, 11) is 0. The molecule has 5 rings (SSSR count). The predicted octanol–water partition coefficient (Wildman–Crippen LogP) is 2.94. The molecule has 39 heavy (non-hydrogen) atoms. The number of urea groups is 1. The molecule has 2 atom stereocenters. The maximum absolute atomic E-state index is 13.4. The second-order valence-corrected chi connectivity index (χ2v) is 9.98. The van der Waals surface area contributed by atoms with Gasteiger partial charge in [-0.15, -0.1) is 0 Å². The van der Waals surface area contributed by atoms with Gasteiger partial charge in [-0.1, -0.05) is 48.0 Å². The van der Waals surface area contributed by atoms with Crippen LogP contribution in [-0.2, 0) is 9.53 Å². The molecule has 2 aromatic carbocycles. The molecule has 0 aromatic heterocycles. The van der Waals surface area contributed by atoms with E-state index in [-0.39, 0.29) is 43.8 Å². The van der Waals surface area contributed by atoms with Crippen LogP contribution >= 0.6 is 0 Å². The van der Waals surface area contributed by atoms with Gasteiger partial charge in [0.1, 0.15) is 19.0 Å². The lowest BCUT2D eigenvalue weighted by atomic mass is 9.88. The Morgan fingerprint density at radius 3 is 2.56 bits per heavy atom. The number of carboxylic acid groups (broad SMARTS) is 1. The summed E-state index contributed by atoms with van der Waals surface area (Å²) in [4.78, 5) is 39.6. The minimum Gasteiger partial charge on any atom is -0.492 e. The second kappa shape index (κ2) is 12.2. The number of morpholine rings is 1. The number of hydrogen-bond donors (Lipinski definition) is 3. The van der Waals surface area contributed by atoms with Crippen LogP contribution in [0.1, 0.15) is 30.4 Å². The molecule has 0 saturated carbocycles. The molecule has 206 valence electrons. The van der Waals surface area contributed by atoms with Gasteiger partial charge in [-0.25, -0.2) is 9.59 Å². The molecule has 0 aliphatic carbocycles. The standard InChI is InChI=1S/C29H34N4O6/c34-26-19-39-25-11-15-33(18-24(25)31-26)29(37)32-13-9-21(10-14-32)27(20-5-2-1-3-6-20)22-7-4-8-23(17-22)38-16-12-30-28(35)36/h1-8,17,24-25,30H,9-16,18-19H2,(H,31,34)(H,35,36)/t24-,25+/m1/s1. The molecule has 3 fully saturated rings. The lowest BCUT2D eigenvalue weighted by molar-refractivity contribution is -0.139. The van der Waals surface area contributed by atoms with E-state index in [2.05, 4.69) is 28.8 Å². The van der Waals surface area contributed by atoms with Gasteiger partial charge < -0.3 is 35.0 Å². The first-order valence-corrected chi connectivity index (χ1v) is 13.4. The predicted molar refractivity (Wildman–Crippen MR) is 144 cm³/mol. The van der Waals surface area contributed by atoms with Crippen molar-refractivity contribution in [3.63, 3.8) is 0 Å². The molecule has 3 N–H and O–H groups in total. The van der Waals surface area contributed by atoms with Crippen LogP contribution in [0.4, 0.5) is 9.59 Å². The Bertz CT molecular complexity index is 1220. The van der Waals surface area contributed by atoms with Gasteiger partial charge in [0.05, 0.1) is 18.7 Å². The van der Waals surface area contributed by atoms with Gasteiger partial charge in [0.25, 0.3) is 0 Å². The third-order valence-electron chi connectivity index (χ3n) is 7.42. The van der Waals surface area contributed by atoms with E-state index in [1.165, 1.54) is 5.57 Å². The van der Waals surface area contributed by atoms with E-state index in [0.717, 1.165) is 36.0 Å². The third kappa shape index (κ3) is 6.51. The number of nitrogens with zero attached hydrogens (tertiary/aromatic N) is 2. The van der Waals surface area contributed by atoms with Crippen molar-refractivity contribution < 1.29 is 29.0 Å². The van der Waals surface area contributed by atoms with E-state index in [0.29, 0.717) is 31.9 Å². The number of nitrogens with one attached hydrogen (secondary N) is 2. The van der Waals surface area contributed by atoms with E-state index >= 15 is 0 Å². The fraction of sp³-hybridized carbons (Fsp3) is 0.414. The van der Waals surface area contributed by atoms with Crippen LogP contribution in [0.25, 0.3) is 5.57 Å². The fourth-order valence-electron chi connectivity index (χ4n) is 5.54. The highest BCUT2D eigenvalue weighted by Crippen LogP contribution is 2.34. The molecule has 0 unspecified atom stereocenters. The van der Waals surface area contributed by atoms with Crippen LogP contribution in [-0.4, -0.2) is 91.0 Å². The van der Waals surface area contributed by atoms with Crippen LogP contribution in [0.5, 0.6) is 5.75 Å². The van der Waals surface area contributed by atoms with Gasteiger partial charge in [0.2, 0.25) is 5.91 Å². The van der Waals surface area contributed by atoms with Crippen molar-refractivity contribution in [3.8, 4) is 5.75 Å². The normalized spacial score (nSPS) is 21.0. The van der Waals surface area contributed by atoms with E-state index in [1.807, 2.05) is 46.2 Å². The average molecular weight is 535 g/mol. The number of rotatable bonds is 6. The molecular formula is C29H34N4O6. The third-order valence-corrected chi connectivity index (χ3v) is 7.42. The highest BCUT2D eigenvalue weighted by molar-refractivity contribution is 5.83. The van der Waals surface area contributed by atoms with Crippen LogP contribution < -0.4 is 15.4 Å². The van der Waals surface area contributed by atoms with Crippen molar-refractivity contribution in [2.24, 2.45) is 0 Å². The summed E-state index contributed by atoms with van der Waals surface area (Å²) in [6.45, 7) is 2.87. The quantitative estimate of drug-likeness (QED) is 0.490. The number of carbonyl (C=O) groups excluding carboxylic acids is 2. The summed E-state index contributed by atoms with van der Waals surface area (Å²) >= 11 is 0. The van der Waals surface area contributed by atoms with E-state index < -0.39 is 6.09 Å². The van der Waals surface area contributed by atoms with Crippen LogP contribution in [0, 0.1) is 0 Å². The number of amides is 4.